The van der Waals surface area contributed by atoms with Crippen LogP contribution in [0.5, 0.6) is 0 Å². The number of pyridine rings is 1. The second-order valence-corrected chi connectivity index (χ2v) is 5.51. The van der Waals surface area contributed by atoms with Gasteiger partial charge >= 0.3 is 0 Å². The van der Waals surface area contributed by atoms with Crippen LogP contribution >= 0.6 is 0 Å². The van der Waals surface area contributed by atoms with Gasteiger partial charge < -0.3 is 10.2 Å². The Morgan fingerprint density at radius 2 is 2.06 bits per heavy atom. The molecule has 3 nitrogen and oxygen atoms in total. The minimum Gasteiger partial charge on any atom is -0.382 e. The quantitative estimate of drug-likeness (QED) is 0.862. The molecule has 18 heavy (non-hydrogen) atoms. The summed E-state index contributed by atoms with van der Waals surface area (Å²) in [6.45, 7) is 1.07. The maximum atomic E-state index is 4.20. The lowest BCUT2D eigenvalue weighted by Gasteiger charge is -2.22. The molecule has 0 radical (unpaired) electrons. The Balaban J connectivity index is 1.82. The molecule has 100 valence electrons. The molecule has 0 aromatic carbocycles. The van der Waals surface area contributed by atoms with Crippen LogP contribution in [-0.2, 0) is 0 Å². The topological polar surface area (TPSA) is 28.2 Å². The van der Waals surface area contributed by atoms with Crippen molar-refractivity contribution < 1.29 is 0 Å². The Bertz CT molecular complexity index is 357. The molecule has 1 aliphatic rings. The molecular formula is C15H25N3. The maximum Gasteiger partial charge on any atom is 0.0764 e. The van der Waals surface area contributed by atoms with E-state index in [1.54, 1.807) is 0 Å². The first-order valence-corrected chi connectivity index (χ1v) is 7.12. The fraction of sp³-hybridized carbons (Fsp3) is 0.667. The molecule has 0 atom stereocenters. The number of hydrogen-bond donors (Lipinski definition) is 1. The lowest BCUT2D eigenvalue weighted by atomic mass is 9.87. The highest BCUT2D eigenvalue weighted by Crippen LogP contribution is 2.27. The van der Waals surface area contributed by atoms with Crippen LogP contribution in [0.25, 0.3) is 0 Å². The number of rotatable bonds is 5. The third-order valence-corrected chi connectivity index (χ3v) is 3.87. The van der Waals surface area contributed by atoms with Crippen molar-refractivity contribution in [2.24, 2.45) is 5.92 Å². The molecule has 1 aromatic rings. The average molecular weight is 247 g/mol. The van der Waals surface area contributed by atoms with Gasteiger partial charge in [0.15, 0.2) is 0 Å². The van der Waals surface area contributed by atoms with Crippen molar-refractivity contribution in [3.63, 3.8) is 0 Å². The van der Waals surface area contributed by atoms with E-state index >= 15 is 0 Å². The van der Waals surface area contributed by atoms with Crippen LogP contribution in [0.3, 0.4) is 0 Å². The highest BCUT2D eigenvalue weighted by atomic mass is 15.1. The zero-order valence-electron chi connectivity index (χ0n) is 11.7. The summed E-state index contributed by atoms with van der Waals surface area (Å²) >= 11 is 0. The van der Waals surface area contributed by atoms with Crippen LogP contribution in [0.15, 0.2) is 18.5 Å². The van der Waals surface area contributed by atoms with Gasteiger partial charge in [0.2, 0.25) is 0 Å². The monoisotopic (exact) mass is 247 g/mol. The lowest BCUT2D eigenvalue weighted by molar-refractivity contribution is 0.345. The van der Waals surface area contributed by atoms with Gasteiger partial charge in [-0.2, -0.15) is 0 Å². The van der Waals surface area contributed by atoms with E-state index in [0.29, 0.717) is 0 Å². The molecule has 0 spiro atoms. The first-order chi connectivity index (χ1) is 8.77. The minimum atomic E-state index is 0.936. The second kappa shape index (κ2) is 6.62. The third kappa shape index (κ3) is 3.62. The number of aromatic nitrogens is 1. The van der Waals surface area contributed by atoms with Crippen molar-refractivity contribution >= 4 is 11.4 Å². The molecular weight excluding hydrogens is 222 g/mol. The van der Waals surface area contributed by atoms with Crippen LogP contribution in [0.1, 0.15) is 38.5 Å². The van der Waals surface area contributed by atoms with Gasteiger partial charge in [-0.05, 0) is 18.4 Å². The summed E-state index contributed by atoms with van der Waals surface area (Å²) in [5, 5.41) is 3.54. The van der Waals surface area contributed by atoms with Crippen molar-refractivity contribution in [2.75, 3.05) is 30.9 Å². The number of nitrogens with one attached hydrogen (secondary N) is 1. The van der Waals surface area contributed by atoms with Gasteiger partial charge in [-0.1, -0.05) is 32.1 Å². The van der Waals surface area contributed by atoms with Crippen LogP contribution in [0.2, 0.25) is 0 Å². The van der Waals surface area contributed by atoms with Gasteiger partial charge in [0, 0.05) is 26.8 Å². The van der Waals surface area contributed by atoms with Gasteiger partial charge in [0.05, 0.1) is 17.6 Å². The molecule has 0 saturated heterocycles. The fourth-order valence-electron chi connectivity index (χ4n) is 2.80. The second-order valence-electron chi connectivity index (χ2n) is 5.51. The van der Waals surface area contributed by atoms with E-state index in [0.717, 1.165) is 18.2 Å². The van der Waals surface area contributed by atoms with E-state index in [4.69, 9.17) is 0 Å². The molecule has 1 saturated carbocycles. The zero-order valence-corrected chi connectivity index (χ0v) is 11.7. The minimum absolute atomic E-state index is 0.936. The lowest BCUT2D eigenvalue weighted by Crippen LogP contribution is -2.15. The van der Waals surface area contributed by atoms with E-state index in [2.05, 4.69) is 35.4 Å². The van der Waals surface area contributed by atoms with Crippen molar-refractivity contribution in [3.05, 3.63) is 18.5 Å². The fourth-order valence-corrected chi connectivity index (χ4v) is 2.80. The Hall–Kier alpha value is -1.25. The van der Waals surface area contributed by atoms with Crippen LogP contribution < -0.4 is 10.2 Å². The average Bonchev–Trinajstić information content (AvgIpc) is 2.40. The van der Waals surface area contributed by atoms with Crippen LogP contribution in [-0.4, -0.2) is 25.6 Å². The van der Waals surface area contributed by atoms with Crippen molar-refractivity contribution in [1.29, 1.82) is 0 Å². The van der Waals surface area contributed by atoms with E-state index in [1.807, 2.05) is 12.4 Å². The van der Waals surface area contributed by atoms with E-state index in [-0.39, 0.29) is 0 Å². The molecule has 0 unspecified atom stereocenters. The van der Waals surface area contributed by atoms with Crippen LogP contribution in [0, 0.1) is 5.92 Å². The third-order valence-electron chi connectivity index (χ3n) is 3.87. The summed E-state index contributed by atoms with van der Waals surface area (Å²) < 4.78 is 0. The Morgan fingerprint density at radius 3 is 2.78 bits per heavy atom. The van der Waals surface area contributed by atoms with Crippen molar-refractivity contribution in [1.82, 2.24) is 4.98 Å². The van der Waals surface area contributed by atoms with E-state index < -0.39 is 0 Å². The molecule has 2 rings (SSSR count). The zero-order chi connectivity index (χ0) is 12.8. The predicted octanol–water partition coefficient (Wildman–Crippen LogP) is 3.53. The molecule has 1 aliphatic carbocycles. The molecule has 0 amide bonds. The summed E-state index contributed by atoms with van der Waals surface area (Å²) in [6.07, 6.45) is 12.2. The van der Waals surface area contributed by atoms with Gasteiger partial charge in [0.1, 0.15) is 0 Å². The van der Waals surface area contributed by atoms with Gasteiger partial charge in [-0.25, -0.2) is 0 Å². The molecule has 0 bridgehead atoms. The summed E-state index contributed by atoms with van der Waals surface area (Å²) in [7, 11) is 4.14. The number of nitrogens with zero attached hydrogens (tertiary/aromatic N) is 2. The maximum absolute atomic E-state index is 4.20. The predicted molar refractivity (Wildman–Crippen MR) is 78.2 cm³/mol. The Morgan fingerprint density at radius 1 is 1.28 bits per heavy atom. The highest BCUT2D eigenvalue weighted by molar-refractivity contribution is 5.67. The summed E-state index contributed by atoms with van der Waals surface area (Å²) in [6, 6.07) is 2.06. The summed E-state index contributed by atoms with van der Waals surface area (Å²) in [5.74, 6) is 0.936. The molecule has 1 heterocycles. The Labute approximate surface area is 111 Å². The molecule has 1 fully saturated rings. The smallest absolute Gasteiger partial charge is 0.0764 e. The van der Waals surface area contributed by atoms with Gasteiger partial charge in [-0.15, -0.1) is 0 Å². The number of anilines is 2. The van der Waals surface area contributed by atoms with E-state index in [1.165, 1.54) is 44.2 Å². The molecule has 1 N–H and O–H groups in total. The van der Waals surface area contributed by atoms with Crippen molar-refractivity contribution in [2.45, 2.75) is 38.5 Å². The largest absolute Gasteiger partial charge is 0.382 e. The normalized spacial score (nSPS) is 16.6. The summed E-state index contributed by atoms with van der Waals surface area (Å²) in [5.41, 5.74) is 2.37. The van der Waals surface area contributed by atoms with E-state index in [9.17, 15) is 0 Å². The molecule has 0 aliphatic heterocycles. The van der Waals surface area contributed by atoms with Crippen molar-refractivity contribution in [3.8, 4) is 0 Å². The standard InChI is InChI=1S/C15H25N3/c1-18(2)15-9-10-16-12-14(15)17-11-8-13-6-4-3-5-7-13/h9-10,12-13,17H,3-8,11H2,1-2H3. The Kier molecular flexibility index (Phi) is 4.85. The molecule has 3 heteroatoms. The van der Waals surface area contributed by atoms with Gasteiger partial charge in [0.25, 0.3) is 0 Å². The summed E-state index contributed by atoms with van der Waals surface area (Å²) in [4.78, 5) is 6.33. The first kappa shape index (κ1) is 13.2. The SMILES string of the molecule is CN(C)c1ccncc1NCCC1CCCCC1. The van der Waals surface area contributed by atoms with Gasteiger partial charge in [-0.3, -0.25) is 4.98 Å². The number of hydrogen-bond acceptors (Lipinski definition) is 3. The van der Waals surface area contributed by atoms with Crippen LogP contribution in [0.4, 0.5) is 11.4 Å². The first-order valence-electron chi connectivity index (χ1n) is 7.12. The molecule has 1 aromatic heterocycles. The highest BCUT2D eigenvalue weighted by Gasteiger charge is 2.13.